The van der Waals surface area contributed by atoms with Gasteiger partial charge in [0.25, 0.3) is 11.8 Å². The van der Waals surface area contributed by atoms with E-state index < -0.39 is 0 Å². The van der Waals surface area contributed by atoms with Crippen molar-refractivity contribution in [1.82, 2.24) is 10.3 Å². The lowest BCUT2D eigenvalue weighted by Crippen LogP contribution is -2.35. The first kappa shape index (κ1) is 17.0. The predicted octanol–water partition coefficient (Wildman–Crippen LogP) is 2.49. The molecule has 1 aliphatic heterocycles. The molecule has 1 aliphatic rings. The lowest BCUT2D eigenvalue weighted by molar-refractivity contribution is -0.120. The summed E-state index contributed by atoms with van der Waals surface area (Å²) in [5.41, 5.74) is 3.12. The van der Waals surface area contributed by atoms with E-state index in [4.69, 9.17) is 4.74 Å². The summed E-state index contributed by atoms with van der Waals surface area (Å²) >= 11 is 0. The van der Waals surface area contributed by atoms with Crippen molar-refractivity contribution in [2.45, 2.75) is 26.3 Å². The smallest absolute Gasteiger partial charge is 0.270 e. The number of carbonyl (C=O) groups excluding carboxylic acids is 2. The Labute approximate surface area is 146 Å². The number of pyridine rings is 1. The number of amides is 2. The van der Waals surface area contributed by atoms with Gasteiger partial charge in [0.1, 0.15) is 11.4 Å². The molecule has 130 valence electrons. The van der Waals surface area contributed by atoms with Gasteiger partial charge in [-0.05, 0) is 41.3 Å². The Hall–Kier alpha value is -2.89. The van der Waals surface area contributed by atoms with E-state index in [0.717, 1.165) is 16.8 Å². The summed E-state index contributed by atoms with van der Waals surface area (Å²) in [4.78, 5) is 29.7. The Bertz CT molecular complexity index is 817. The Morgan fingerprint density at radius 1 is 1.32 bits per heavy atom. The van der Waals surface area contributed by atoms with Crippen LogP contribution in [-0.2, 0) is 11.3 Å². The molecule has 0 saturated carbocycles. The number of rotatable bonds is 4. The van der Waals surface area contributed by atoms with Crippen molar-refractivity contribution >= 4 is 17.5 Å². The lowest BCUT2D eigenvalue weighted by atomic mass is 10.0. The largest absolute Gasteiger partial charge is 0.482 e. The molecule has 25 heavy (non-hydrogen) atoms. The van der Waals surface area contributed by atoms with Crippen molar-refractivity contribution < 1.29 is 14.3 Å². The third-order valence-corrected chi connectivity index (χ3v) is 4.25. The molecule has 0 radical (unpaired) electrons. The van der Waals surface area contributed by atoms with Gasteiger partial charge in [-0.3, -0.25) is 14.6 Å². The van der Waals surface area contributed by atoms with Gasteiger partial charge < -0.3 is 15.0 Å². The van der Waals surface area contributed by atoms with Crippen LogP contribution in [0.2, 0.25) is 0 Å². The molecule has 0 atom stereocenters. The monoisotopic (exact) mass is 339 g/mol. The number of likely N-dealkylation sites (N-methyl/N-ethyl adjacent to an activating group) is 1. The van der Waals surface area contributed by atoms with E-state index in [9.17, 15) is 9.59 Å². The van der Waals surface area contributed by atoms with Crippen molar-refractivity contribution in [2.75, 3.05) is 18.6 Å². The maximum Gasteiger partial charge on any atom is 0.270 e. The zero-order valence-electron chi connectivity index (χ0n) is 14.6. The van der Waals surface area contributed by atoms with Crippen LogP contribution in [0.1, 0.15) is 41.4 Å². The fourth-order valence-electron chi connectivity index (χ4n) is 2.63. The number of fused-ring (bicyclic) bond motifs is 1. The van der Waals surface area contributed by atoms with E-state index >= 15 is 0 Å². The van der Waals surface area contributed by atoms with Crippen LogP contribution in [0.15, 0.2) is 36.5 Å². The van der Waals surface area contributed by atoms with Gasteiger partial charge in [-0.1, -0.05) is 19.9 Å². The van der Waals surface area contributed by atoms with Crippen LogP contribution in [0.4, 0.5) is 5.69 Å². The third-order valence-electron chi connectivity index (χ3n) is 4.25. The van der Waals surface area contributed by atoms with Crippen LogP contribution in [0.5, 0.6) is 5.75 Å². The van der Waals surface area contributed by atoms with Gasteiger partial charge >= 0.3 is 0 Å². The summed E-state index contributed by atoms with van der Waals surface area (Å²) in [6.45, 7) is 4.55. The van der Waals surface area contributed by atoms with Crippen LogP contribution < -0.4 is 15.0 Å². The van der Waals surface area contributed by atoms with Crippen molar-refractivity contribution in [2.24, 2.45) is 0 Å². The second-order valence-corrected chi connectivity index (χ2v) is 6.36. The number of ether oxygens (including phenoxy) is 1. The molecule has 1 aromatic heterocycles. The van der Waals surface area contributed by atoms with Crippen LogP contribution in [0.3, 0.4) is 0 Å². The maximum atomic E-state index is 12.3. The summed E-state index contributed by atoms with van der Waals surface area (Å²) in [6, 6.07) is 9.27. The second kappa shape index (κ2) is 6.93. The van der Waals surface area contributed by atoms with Gasteiger partial charge in [-0.25, -0.2) is 0 Å². The number of anilines is 1. The average Bonchev–Trinajstić information content (AvgIpc) is 2.63. The van der Waals surface area contributed by atoms with Gasteiger partial charge in [0.15, 0.2) is 6.61 Å². The molecule has 0 unspecified atom stereocenters. The average molecular weight is 339 g/mol. The quantitative estimate of drug-likeness (QED) is 0.929. The molecule has 1 N–H and O–H groups in total. The van der Waals surface area contributed by atoms with Crippen molar-refractivity contribution in [3.05, 3.63) is 53.3 Å². The number of carbonyl (C=O) groups is 2. The molecule has 2 heterocycles. The third kappa shape index (κ3) is 3.63. The minimum Gasteiger partial charge on any atom is -0.482 e. The molecule has 0 spiro atoms. The minimum atomic E-state index is -0.214. The van der Waals surface area contributed by atoms with Crippen molar-refractivity contribution in [3.63, 3.8) is 0 Å². The first-order valence-electron chi connectivity index (χ1n) is 8.22. The Kier molecular flexibility index (Phi) is 4.70. The number of aromatic nitrogens is 1. The molecule has 0 aliphatic carbocycles. The van der Waals surface area contributed by atoms with E-state index in [1.807, 2.05) is 30.3 Å². The van der Waals surface area contributed by atoms with Gasteiger partial charge in [-0.15, -0.1) is 0 Å². The minimum absolute atomic E-state index is 0.0330. The van der Waals surface area contributed by atoms with E-state index in [-0.39, 0.29) is 18.4 Å². The fraction of sp³-hybridized carbons (Fsp3) is 0.316. The topological polar surface area (TPSA) is 71.5 Å². The number of benzene rings is 1. The standard InChI is InChI=1S/C19H21N3O3/c1-12(2)14-6-7-20-15(9-14)19(24)21-10-13-4-5-16-17(8-13)25-11-18(23)22(16)3/h4-9,12H,10-11H2,1-3H3,(H,21,24). The second-order valence-electron chi connectivity index (χ2n) is 6.36. The highest BCUT2D eigenvalue weighted by molar-refractivity contribution is 5.97. The summed E-state index contributed by atoms with van der Waals surface area (Å²) in [6.07, 6.45) is 1.66. The van der Waals surface area contributed by atoms with Gasteiger partial charge in [-0.2, -0.15) is 0 Å². The Morgan fingerprint density at radius 2 is 2.12 bits per heavy atom. The first-order valence-corrected chi connectivity index (χ1v) is 8.22. The van der Waals surface area contributed by atoms with Crippen LogP contribution in [0, 0.1) is 0 Å². The normalized spacial score (nSPS) is 13.4. The molecule has 1 aromatic carbocycles. The molecule has 3 rings (SSSR count). The van der Waals surface area contributed by atoms with Crippen LogP contribution >= 0.6 is 0 Å². The van der Waals surface area contributed by atoms with E-state index in [1.54, 1.807) is 18.1 Å². The summed E-state index contributed by atoms with van der Waals surface area (Å²) in [7, 11) is 1.72. The molecule has 0 saturated heterocycles. The van der Waals surface area contributed by atoms with Gasteiger partial charge in [0.05, 0.1) is 5.69 Å². The van der Waals surface area contributed by atoms with E-state index in [0.29, 0.717) is 23.9 Å². The molecule has 2 amide bonds. The molecule has 0 bridgehead atoms. The zero-order valence-corrected chi connectivity index (χ0v) is 14.6. The lowest BCUT2D eigenvalue weighted by Gasteiger charge is -2.26. The highest BCUT2D eigenvalue weighted by Crippen LogP contribution is 2.31. The van der Waals surface area contributed by atoms with Crippen molar-refractivity contribution in [1.29, 1.82) is 0 Å². The highest BCUT2D eigenvalue weighted by atomic mass is 16.5. The SMILES string of the molecule is CC(C)c1ccnc(C(=O)NCc2ccc3c(c2)OCC(=O)N3C)c1. The van der Waals surface area contributed by atoms with Gasteiger partial charge in [0, 0.05) is 19.8 Å². The number of nitrogens with zero attached hydrogens (tertiary/aromatic N) is 2. The van der Waals surface area contributed by atoms with Crippen LogP contribution in [-0.4, -0.2) is 30.5 Å². The molecule has 0 fully saturated rings. The van der Waals surface area contributed by atoms with E-state index in [1.165, 1.54) is 0 Å². The van der Waals surface area contributed by atoms with Crippen LogP contribution in [0.25, 0.3) is 0 Å². The summed E-state index contributed by atoms with van der Waals surface area (Å²) in [5, 5.41) is 2.87. The number of hydrogen-bond acceptors (Lipinski definition) is 4. The maximum absolute atomic E-state index is 12.3. The van der Waals surface area contributed by atoms with Crippen molar-refractivity contribution in [3.8, 4) is 5.75 Å². The number of hydrogen-bond donors (Lipinski definition) is 1. The molecule has 2 aromatic rings. The predicted molar refractivity (Wildman–Crippen MR) is 94.8 cm³/mol. The fourth-order valence-corrected chi connectivity index (χ4v) is 2.63. The van der Waals surface area contributed by atoms with E-state index in [2.05, 4.69) is 24.1 Å². The Balaban J connectivity index is 1.69. The molecule has 6 nitrogen and oxygen atoms in total. The molecular weight excluding hydrogens is 318 g/mol. The Morgan fingerprint density at radius 3 is 2.88 bits per heavy atom. The van der Waals surface area contributed by atoms with Gasteiger partial charge in [0.2, 0.25) is 0 Å². The molecule has 6 heteroatoms. The highest BCUT2D eigenvalue weighted by Gasteiger charge is 2.22. The molecular formula is C19H21N3O3. The first-order chi connectivity index (χ1) is 12.0. The zero-order chi connectivity index (χ0) is 18.0. The number of nitrogens with one attached hydrogen (secondary N) is 1. The summed E-state index contributed by atoms with van der Waals surface area (Å²) < 4.78 is 5.46. The summed E-state index contributed by atoms with van der Waals surface area (Å²) in [5.74, 6) is 0.693.